The van der Waals surface area contributed by atoms with Crippen molar-refractivity contribution < 1.29 is 4.74 Å². The van der Waals surface area contributed by atoms with Crippen LogP contribution in [-0.2, 0) is 4.74 Å². The number of thiocarbonyl (C=S) groups is 1. The zero-order valence-electron chi connectivity index (χ0n) is 9.14. The second-order valence-corrected chi connectivity index (χ2v) is 4.33. The number of hydrogen-bond donors (Lipinski definition) is 2. The van der Waals surface area contributed by atoms with Gasteiger partial charge in [0.1, 0.15) is 10.8 Å². The van der Waals surface area contributed by atoms with Gasteiger partial charge in [-0.05, 0) is 25.5 Å². The maximum atomic E-state index is 5.53. The highest BCUT2D eigenvalue weighted by Gasteiger charge is 2.24. The van der Waals surface area contributed by atoms with Gasteiger partial charge < -0.3 is 15.8 Å². The predicted molar refractivity (Wildman–Crippen MR) is 67.6 cm³/mol. The molecule has 0 radical (unpaired) electrons. The first-order chi connectivity index (χ1) is 7.66. The van der Waals surface area contributed by atoms with Gasteiger partial charge in [0.2, 0.25) is 0 Å². The van der Waals surface area contributed by atoms with Gasteiger partial charge in [-0.1, -0.05) is 18.3 Å². The molecule has 0 spiro atoms. The Morgan fingerprint density at radius 2 is 2.44 bits per heavy atom. The fourth-order valence-electron chi connectivity index (χ4n) is 1.76. The first kappa shape index (κ1) is 11.3. The predicted octanol–water partition coefficient (Wildman–Crippen LogP) is 1.31. The molecule has 1 aromatic heterocycles. The van der Waals surface area contributed by atoms with E-state index in [2.05, 4.69) is 17.2 Å². The SMILES string of the molecule is CC1OCCC1Nc1cccc(C(N)=S)n1. The number of hydrogen-bond acceptors (Lipinski definition) is 4. The normalized spacial score (nSPS) is 24.3. The van der Waals surface area contributed by atoms with Crippen molar-refractivity contribution in [3.8, 4) is 0 Å². The van der Waals surface area contributed by atoms with Gasteiger partial charge in [-0.2, -0.15) is 0 Å². The molecule has 0 saturated carbocycles. The topological polar surface area (TPSA) is 60.2 Å². The fraction of sp³-hybridized carbons (Fsp3) is 0.455. The van der Waals surface area contributed by atoms with E-state index in [4.69, 9.17) is 22.7 Å². The number of aromatic nitrogens is 1. The molecule has 1 fully saturated rings. The molecule has 2 atom stereocenters. The minimum atomic E-state index is 0.218. The molecule has 1 saturated heterocycles. The van der Waals surface area contributed by atoms with Crippen LogP contribution in [-0.4, -0.2) is 28.7 Å². The Hall–Kier alpha value is -1.20. The molecule has 1 aliphatic heterocycles. The minimum absolute atomic E-state index is 0.218. The van der Waals surface area contributed by atoms with Crippen LogP contribution in [0.25, 0.3) is 0 Å². The van der Waals surface area contributed by atoms with Crippen molar-refractivity contribution in [2.75, 3.05) is 11.9 Å². The molecule has 2 rings (SSSR count). The second kappa shape index (κ2) is 4.76. The molecule has 0 bridgehead atoms. The maximum absolute atomic E-state index is 5.53. The van der Waals surface area contributed by atoms with E-state index >= 15 is 0 Å². The lowest BCUT2D eigenvalue weighted by molar-refractivity contribution is 0.121. The summed E-state index contributed by atoms with van der Waals surface area (Å²) >= 11 is 4.89. The number of anilines is 1. The Morgan fingerprint density at radius 1 is 1.62 bits per heavy atom. The molecule has 4 nitrogen and oxygen atoms in total. The molecule has 86 valence electrons. The summed E-state index contributed by atoms with van der Waals surface area (Å²) in [7, 11) is 0. The average molecular weight is 237 g/mol. The van der Waals surface area contributed by atoms with E-state index < -0.39 is 0 Å². The molecule has 1 aliphatic rings. The zero-order chi connectivity index (χ0) is 11.5. The Bertz CT molecular complexity index is 397. The van der Waals surface area contributed by atoms with Crippen LogP contribution >= 0.6 is 12.2 Å². The lowest BCUT2D eigenvalue weighted by Crippen LogP contribution is -2.27. The van der Waals surface area contributed by atoms with Crippen molar-refractivity contribution in [1.82, 2.24) is 4.98 Å². The number of nitrogens with two attached hydrogens (primary N) is 1. The van der Waals surface area contributed by atoms with Crippen LogP contribution in [0.3, 0.4) is 0 Å². The van der Waals surface area contributed by atoms with Crippen LogP contribution in [0, 0.1) is 0 Å². The Balaban J connectivity index is 2.09. The van der Waals surface area contributed by atoms with E-state index in [1.54, 1.807) is 0 Å². The summed E-state index contributed by atoms with van der Waals surface area (Å²) in [5.74, 6) is 0.799. The molecule has 2 heterocycles. The van der Waals surface area contributed by atoms with E-state index in [1.807, 2.05) is 18.2 Å². The molecule has 16 heavy (non-hydrogen) atoms. The number of ether oxygens (including phenoxy) is 1. The van der Waals surface area contributed by atoms with Crippen molar-refractivity contribution in [3.63, 3.8) is 0 Å². The summed E-state index contributed by atoms with van der Waals surface area (Å²) in [6, 6.07) is 5.92. The summed E-state index contributed by atoms with van der Waals surface area (Å²) in [6.45, 7) is 2.86. The molecule has 0 aromatic carbocycles. The highest BCUT2D eigenvalue weighted by atomic mass is 32.1. The van der Waals surface area contributed by atoms with Gasteiger partial charge in [-0.3, -0.25) is 0 Å². The third-order valence-corrected chi connectivity index (χ3v) is 2.92. The molecule has 0 aliphatic carbocycles. The first-order valence-corrected chi connectivity index (χ1v) is 5.72. The van der Waals surface area contributed by atoms with Crippen molar-refractivity contribution in [2.24, 2.45) is 5.73 Å². The van der Waals surface area contributed by atoms with Crippen LogP contribution in [0.5, 0.6) is 0 Å². The summed E-state index contributed by atoms with van der Waals surface area (Å²) < 4.78 is 5.47. The van der Waals surface area contributed by atoms with Crippen molar-refractivity contribution in [1.29, 1.82) is 0 Å². The van der Waals surface area contributed by atoms with Crippen molar-refractivity contribution in [3.05, 3.63) is 23.9 Å². The fourth-order valence-corrected chi connectivity index (χ4v) is 1.88. The highest BCUT2D eigenvalue weighted by molar-refractivity contribution is 7.80. The number of nitrogens with one attached hydrogen (secondary N) is 1. The molecule has 0 amide bonds. The van der Waals surface area contributed by atoms with Crippen LogP contribution in [0.15, 0.2) is 18.2 Å². The van der Waals surface area contributed by atoms with Gasteiger partial charge >= 0.3 is 0 Å². The summed E-state index contributed by atoms with van der Waals surface area (Å²) in [5, 5.41) is 3.33. The Labute approximate surface area is 100 Å². The molecule has 3 N–H and O–H groups in total. The second-order valence-electron chi connectivity index (χ2n) is 3.89. The summed E-state index contributed by atoms with van der Waals surface area (Å²) in [5.41, 5.74) is 6.18. The standard InChI is InChI=1S/C11H15N3OS/c1-7-8(5-6-15-7)13-10-4-2-3-9(14-10)11(12)16/h2-4,7-8H,5-6H2,1H3,(H2,12,16)(H,13,14). The summed E-state index contributed by atoms with van der Waals surface area (Å²) in [4.78, 5) is 4.66. The van der Waals surface area contributed by atoms with Gasteiger partial charge in [0.25, 0.3) is 0 Å². The zero-order valence-corrected chi connectivity index (χ0v) is 9.96. The quantitative estimate of drug-likeness (QED) is 0.776. The van der Waals surface area contributed by atoms with Crippen molar-refractivity contribution in [2.45, 2.75) is 25.5 Å². The van der Waals surface area contributed by atoms with Gasteiger partial charge in [0.15, 0.2) is 0 Å². The van der Waals surface area contributed by atoms with E-state index in [0.717, 1.165) is 18.8 Å². The maximum Gasteiger partial charge on any atom is 0.127 e. The number of pyridine rings is 1. The molecule has 2 unspecified atom stereocenters. The largest absolute Gasteiger partial charge is 0.388 e. The number of rotatable bonds is 3. The minimum Gasteiger partial charge on any atom is -0.388 e. The van der Waals surface area contributed by atoms with E-state index in [-0.39, 0.29) is 6.10 Å². The smallest absolute Gasteiger partial charge is 0.127 e. The third-order valence-electron chi connectivity index (χ3n) is 2.71. The van der Waals surface area contributed by atoms with Gasteiger partial charge in [-0.25, -0.2) is 4.98 Å². The van der Waals surface area contributed by atoms with Crippen LogP contribution in [0.2, 0.25) is 0 Å². The Morgan fingerprint density at radius 3 is 3.06 bits per heavy atom. The lowest BCUT2D eigenvalue weighted by atomic mass is 10.1. The molecule has 5 heteroatoms. The van der Waals surface area contributed by atoms with Crippen LogP contribution in [0.1, 0.15) is 19.0 Å². The Kier molecular flexibility index (Phi) is 3.36. The summed E-state index contributed by atoms with van der Waals surface area (Å²) in [6.07, 6.45) is 1.22. The highest BCUT2D eigenvalue weighted by Crippen LogP contribution is 2.17. The number of nitrogens with zero attached hydrogens (tertiary/aromatic N) is 1. The monoisotopic (exact) mass is 237 g/mol. The van der Waals surface area contributed by atoms with Gasteiger partial charge in [0.05, 0.1) is 17.8 Å². The van der Waals surface area contributed by atoms with Crippen LogP contribution in [0.4, 0.5) is 5.82 Å². The molecule has 1 aromatic rings. The van der Waals surface area contributed by atoms with Crippen molar-refractivity contribution >= 4 is 23.0 Å². The van der Waals surface area contributed by atoms with E-state index in [9.17, 15) is 0 Å². The lowest BCUT2D eigenvalue weighted by Gasteiger charge is -2.16. The van der Waals surface area contributed by atoms with Gasteiger partial charge in [-0.15, -0.1) is 0 Å². The van der Waals surface area contributed by atoms with E-state index in [1.165, 1.54) is 0 Å². The van der Waals surface area contributed by atoms with Crippen LogP contribution < -0.4 is 11.1 Å². The first-order valence-electron chi connectivity index (χ1n) is 5.32. The van der Waals surface area contributed by atoms with Gasteiger partial charge in [0, 0.05) is 6.61 Å². The average Bonchev–Trinajstić information content (AvgIpc) is 2.65. The molecular weight excluding hydrogens is 222 g/mol. The molecular formula is C11H15N3OS. The third kappa shape index (κ3) is 2.48. The van der Waals surface area contributed by atoms with E-state index in [0.29, 0.717) is 16.7 Å².